The quantitative estimate of drug-likeness (QED) is 0.449. The summed E-state index contributed by atoms with van der Waals surface area (Å²) in [6.07, 6.45) is 0. The van der Waals surface area contributed by atoms with E-state index in [9.17, 15) is 19.7 Å². The Kier molecular flexibility index (Phi) is 4.06. The highest BCUT2D eigenvalue weighted by atomic mass is 16.6. The number of non-ortho nitro benzene ring substituents is 1. The van der Waals surface area contributed by atoms with Gasteiger partial charge in [0.15, 0.2) is 0 Å². The van der Waals surface area contributed by atoms with Gasteiger partial charge in [-0.3, -0.25) is 19.9 Å². The molecule has 2 heterocycles. The van der Waals surface area contributed by atoms with E-state index in [-0.39, 0.29) is 17.2 Å². The Morgan fingerprint density at radius 3 is 2.48 bits per heavy atom. The molecule has 1 amide bonds. The van der Waals surface area contributed by atoms with Crippen molar-refractivity contribution in [3.8, 4) is 0 Å². The van der Waals surface area contributed by atoms with E-state index in [1.165, 1.54) is 17.1 Å². The number of carbonyl (C=O) groups is 2. The number of nitro groups is 1. The summed E-state index contributed by atoms with van der Waals surface area (Å²) < 4.78 is 5.52. The predicted octanol–water partition coefficient (Wildman–Crippen LogP) is 3.27. The molecule has 144 valence electrons. The van der Waals surface area contributed by atoms with Crippen molar-refractivity contribution in [2.24, 2.45) is 5.41 Å². The number of nitro benzene ring substituents is 1. The normalized spacial score (nSPS) is 18.4. The van der Waals surface area contributed by atoms with Crippen molar-refractivity contribution in [3.63, 3.8) is 0 Å². The van der Waals surface area contributed by atoms with Gasteiger partial charge in [-0.1, -0.05) is 0 Å². The van der Waals surface area contributed by atoms with E-state index >= 15 is 0 Å². The number of ether oxygens (including phenoxy) is 1. The molecule has 8 nitrogen and oxygen atoms in total. The van der Waals surface area contributed by atoms with Crippen LogP contribution in [0.4, 0.5) is 11.4 Å². The smallest absolute Gasteiger partial charge is 0.341 e. The zero-order valence-corrected chi connectivity index (χ0v) is 16.3. The van der Waals surface area contributed by atoms with Gasteiger partial charge in [-0.2, -0.15) is 0 Å². The maximum absolute atomic E-state index is 12.9. The van der Waals surface area contributed by atoms with Crippen LogP contribution < -0.4 is 5.01 Å². The van der Waals surface area contributed by atoms with E-state index in [0.29, 0.717) is 23.5 Å². The van der Waals surface area contributed by atoms with Gasteiger partial charge in [0.1, 0.15) is 5.60 Å². The molecule has 0 saturated carbocycles. The summed E-state index contributed by atoms with van der Waals surface area (Å²) >= 11 is 0. The van der Waals surface area contributed by atoms with Crippen LogP contribution in [0.3, 0.4) is 0 Å². The highest BCUT2D eigenvalue weighted by Gasteiger charge is 2.49. The zero-order chi connectivity index (χ0) is 20.3. The van der Waals surface area contributed by atoms with Crippen molar-refractivity contribution in [1.29, 1.82) is 0 Å². The average Bonchev–Trinajstić information content (AvgIpc) is 2.75. The monoisotopic (exact) mass is 373 g/mol. The predicted molar refractivity (Wildman–Crippen MR) is 99.5 cm³/mol. The minimum absolute atomic E-state index is 0.124. The first-order chi connectivity index (χ1) is 12.3. The first-order valence-electron chi connectivity index (χ1n) is 8.68. The molecule has 0 atom stereocenters. The Hall–Kier alpha value is -2.90. The largest absolute Gasteiger partial charge is 0.456 e. The van der Waals surface area contributed by atoms with Gasteiger partial charge in [0, 0.05) is 17.7 Å². The first kappa shape index (κ1) is 18.9. The number of rotatable bonds is 2. The minimum atomic E-state index is -0.739. The number of amides is 1. The molecule has 27 heavy (non-hydrogen) atoms. The van der Waals surface area contributed by atoms with Crippen molar-refractivity contribution < 1.29 is 19.2 Å². The maximum atomic E-state index is 12.9. The van der Waals surface area contributed by atoms with Crippen LogP contribution in [0.2, 0.25) is 0 Å². The Morgan fingerprint density at radius 1 is 1.30 bits per heavy atom. The van der Waals surface area contributed by atoms with Crippen LogP contribution in [-0.2, 0) is 14.3 Å². The molecule has 0 bridgehead atoms. The lowest BCUT2D eigenvalue weighted by atomic mass is 9.94. The number of benzene rings is 1. The van der Waals surface area contributed by atoms with Crippen LogP contribution in [0.5, 0.6) is 0 Å². The van der Waals surface area contributed by atoms with Crippen molar-refractivity contribution in [3.05, 3.63) is 39.6 Å². The van der Waals surface area contributed by atoms with Crippen molar-refractivity contribution >= 4 is 28.8 Å². The van der Waals surface area contributed by atoms with E-state index in [1.807, 2.05) is 13.8 Å². The number of carbonyl (C=O) groups excluding carboxylic acids is 2. The van der Waals surface area contributed by atoms with E-state index in [4.69, 9.17) is 4.74 Å². The van der Waals surface area contributed by atoms with Gasteiger partial charge in [0.2, 0.25) is 0 Å². The van der Waals surface area contributed by atoms with Gasteiger partial charge in [0.05, 0.1) is 33.8 Å². The summed E-state index contributed by atoms with van der Waals surface area (Å²) in [7, 11) is 0. The molecule has 1 aromatic rings. The SMILES string of the molecule is CC1=C(C(=O)OC(C)(C)C)c2cc([N+](=O)[O-])ccc2N2CC(C)(C)C(=O)N12. The zero-order valence-electron chi connectivity index (χ0n) is 16.3. The van der Waals surface area contributed by atoms with Crippen LogP contribution in [0.25, 0.3) is 5.57 Å². The second kappa shape index (κ2) is 5.80. The number of esters is 1. The number of nitrogens with zero attached hydrogens (tertiary/aromatic N) is 3. The summed E-state index contributed by atoms with van der Waals surface area (Å²) in [5, 5.41) is 14.5. The summed E-state index contributed by atoms with van der Waals surface area (Å²) in [5.41, 5.74) is 0.0450. The number of hydrazine groups is 1. The van der Waals surface area contributed by atoms with Crippen LogP contribution >= 0.6 is 0 Å². The van der Waals surface area contributed by atoms with Gasteiger partial charge < -0.3 is 4.74 Å². The van der Waals surface area contributed by atoms with Gasteiger partial charge in [-0.25, -0.2) is 9.80 Å². The van der Waals surface area contributed by atoms with Crippen LogP contribution in [0.15, 0.2) is 23.9 Å². The first-order valence-corrected chi connectivity index (χ1v) is 8.68. The van der Waals surface area contributed by atoms with Crippen molar-refractivity contribution in [2.75, 3.05) is 11.6 Å². The summed E-state index contributed by atoms with van der Waals surface area (Å²) in [6, 6.07) is 4.32. The fraction of sp³-hybridized carbons (Fsp3) is 0.474. The molecule has 1 fully saturated rings. The number of allylic oxidation sites excluding steroid dienone is 1. The molecule has 0 radical (unpaired) electrons. The maximum Gasteiger partial charge on any atom is 0.341 e. The summed E-state index contributed by atoms with van der Waals surface area (Å²) in [6.45, 7) is 11.0. The van der Waals surface area contributed by atoms with E-state index in [0.717, 1.165) is 0 Å². The lowest BCUT2D eigenvalue weighted by molar-refractivity contribution is -0.384. The van der Waals surface area contributed by atoms with Crippen molar-refractivity contribution in [2.45, 2.75) is 47.1 Å². The molecule has 1 saturated heterocycles. The van der Waals surface area contributed by atoms with Crippen LogP contribution in [0.1, 0.15) is 47.1 Å². The molecule has 2 aliphatic heterocycles. The van der Waals surface area contributed by atoms with Crippen LogP contribution in [-0.4, -0.2) is 34.0 Å². The third-order valence-electron chi connectivity index (χ3n) is 4.58. The second-order valence-electron chi connectivity index (χ2n) is 8.48. The number of fused-ring (bicyclic) bond motifs is 3. The van der Waals surface area contributed by atoms with E-state index in [2.05, 4.69) is 0 Å². The Morgan fingerprint density at radius 2 is 1.93 bits per heavy atom. The van der Waals surface area contributed by atoms with Gasteiger partial charge in [-0.05, 0) is 47.6 Å². The third-order valence-corrected chi connectivity index (χ3v) is 4.58. The Bertz CT molecular complexity index is 895. The van der Waals surface area contributed by atoms with E-state index in [1.54, 1.807) is 38.8 Å². The summed E-state index contributed by atoms with van der Waals surface area (Å²) in [5.74, 6) is -0.746. The lowest BCUT2D eigenvalue weighted by Gasteiger charge is -2.37. The standard InChI is InChI=1S/C19H23N3O5/c1-11-15(16(23)27-18(2,3)4)13-9-12(22(25)26)7-8-14(13)20-10-19(5,6)17(24)21(11)20/h7-9H,10H2,1-6H3. The topological polar surface area (TPSA) is 93.0 Å². The van der Waals surface area contributed by atoms with Crippen LogP contribution in [0, 0.1) is 15.5 Å². The number of hydrogen-bond donors (Lipinski definition) is 0. The highest BCUT2D eigenvalue weighted by molar-refractivity contribution is 6.21. The molecule has 0 unspecified atom stereocenters. The highest BCUT2D eigenvalue weighted by Crippen LogP contribution is 2.46. The molecular formula is C19H23N3O5. The lowest BCUT2D eigenvalue weighted by Crippen LogP contribution is -2.42. The molecule has 0 N–H and O–H groups in total. The average molecular weight is 373 g/mol. The molecule has 2 aliphatic rings. The number of anilines is 1. The van der Waals surface area contributed by atoms with Crippen molar-refractivity contribution in [1.82, 2.24) is 5.01 Å². The molecule has 0 aromatic heterocycles. The fourth-order valence-electron chi connectivity index (χ4n) is 3.39. The fourth-order valence-corrected chi connectivity index (χ4v) is 3.39. The van der Waals surface area contributed by atoms with Gasteiger partial charge in [-0.15, -0.1) is 0 Å². The van der Waals surface area contributed by atoms with Gasteiger partial charge in [0.25, 0.3) is 11.6 Å². The molecular weight excluding hydrogens is 350 g/mol. The molecule has 1 aromatic carbocycles. The summed E-state index contributed by atoms with van der Waals surface area (Å²) in [4.78, 5) is 36.6. The molecule has 8 heteroatoms. The Balaban J connectivity index is 2.24. The third kappa shape index (κ3) is 3.05. The molecule has 0 aliphatic carbocycles. The molecule has 3 rings (SSSR count). The van der Waals surface area contributed by atoms with Gasteiger partial charge >= 0.3 is 5.97 Å². The number of hydrogen-bond acceptors (Lipinski definition) is 6. The second-order valence-corrected chi connectivity index (χ2v) is 8.48. The minimum Gasteiger partial charge on any atom is -0.456 e. The molecule has 0 spiro atoms. The van der Waals surface area contributed by atoms with E-state index < -0.39 is 21.9 Å². The Labute approximate surface area is 157 Å².